The molecule has 2 aromatic carbocycles. The second kappa shape index (κ2) is 6.92. The highest BCUT2D eigenvalue weighted by molar-refractivity contribution is 5.60. The van der Waals surface area contributed by atoms with E-state index in [4.69, 9.17) is 9.47 Å². The number of rotatable bonds is 5. The number of hydrogen-bond acceptors (Lipinski definition) is 6. The highest BCUT2D eigenvalue weighted by Crippen LogP contribution is 2.32. The normalized spacial score (nSPS) is 12.1. The van der Waals surface area contributed by atoms with Crippen LogP contribution in [0.15, 0.2) is 48.7 Å². The average Bonchev–Trinajstić information content (AvgIpc) is 3.11. The zero-order valence-electron chi connectivity index (χ0n) is 14.7. The Morgan fingerprint density at radius 2 is 1.88 bits per heavy atom. The van der Waals surface area contributed by atoms with Crippen LogP contribution in [0, 0.1) is 13.8 Å². The molecule has 3 aromatic rings. The lowest BCUT2D eigenvalue weighted by molar-refractivity contribution is 0.174. The Labute approximate surface area is 152 Å². The molecule has 0 fully saturated rings. The Kier molecular flexibility index (Phi) is 4.31. The SMILES string of the molecule is Cc1ccc(C)c(Nc2nccc(NCc3ccc4c(c3)OCO4)n2)c1. The number of nitrogens with one attached hydrogen (secondary N) is 2. The Morgan fingerprint density at radius 3 is 2.81 bits per heavy atom. The minimum Gasteiger partial charge on any atom is -0.454 e. The molecule has 0 spiro atoms. The second-order valence-electron chi connectivity index (χ2n) is 6.25. The van der Waals surface area contributed by atoms with Gasteiger partial charge in [-0.15, -0.1) is 0 Å². The molecule has 0 atom stereocenters. The van der Waals surface area contributed by atoms with Crippen LogP contribution in [-0.2, 0) is 6.54 Å². The van der Waals surface area contributed by atoms with Gasteiger partial charge in [0.1, 0.15) is 5.82 Å². The second-order valence-corrected chi connectivity index (χ2v) is 6.25. The molecule has 0 saturated carbocycles. The van der Waals surface area contributed by atoms with E-state index < -0.39 is 0 Å². The van der Waals surface area contributed by atoms with Gasteiger partial charge in [0.15, 0.2) is 11.5 Å². The van der Waals surface area contributed by atoms with E-state index in [9.17, 15) is 0 Å². The van der Waals surface area contributed by atoms with Crippen molar-refractivity contribution in [3.63, 3.8) is 0 Å². The number of benzene rings is 2. The molecule has 132 valence electrons. The van der Waals surface area contributed by atoms with Gasteiger partial charge >= 0.3 is 0 Å². The molecule has 0 bridgehead atoms. The summed E-state index contributed by atoms with van der Waals surface area (Å²) >= 11 is 0. The quantitative estimate of drug-likeness (QED) is 0.721. The molecular formula is C20H20N4O2. The first kappa shape index (κ1) is 16.2. The van der Waals surface area contributed by atoms with Crippen molar-refractivity contribution < 1.29 is 9.47 Å². The summed E-state index contributed by atoms with van der Waals surface area (Å²) in [6, 6.07) is 14.0. The molecule has 2 N–H and O–H groups in total. The molecule has 1 aliphatic rings. The van der Waals surface area contributed by atoms with E-state index in [1.807, 2.05) is 24.3 Å². The Balaban J connectivity index is 1.45. The molecule has 26 heavy (non-hydrogen) atoms. The standard InChI is InChI=1S/C20H20N4O2/c1-13-3-4-14(2)16(9-13)23-20-21-8-7-19(24-20)22-11-15-5-6-17-18(10-15)26-12-25-17/h3-10H,11-12H2,1-2H3,(H2,21,22,23,24). The van der Waals surface area contributed by atoms with Crippen molar-refractivity contribution in [1.82, 2.24) is 9.97 Å². The van der Waals surface area contributed by atoms with E-state index in [0.717, 1.165) is 34.1 Å². The predicted molar refractivity (Wildman–Crippen MR) is 101 cm³/mol. The molecule has 2 heterocycles. The largest absolute Gasteiger partial charge is 0.454 e. The summed E-state index contributed by atoms with van der Waals surface area (Å²) in [5, 5.41) is 6.60. The van der Waals surface area contributed by atoms with Gasteiger partial charge in [0, 0.05) is 18.4 Å². The Bertz CT molecular complexity index is 943. The molecule has 0 saturated heterocycles. The van der Waals surface area contributed by atoms with Crippen molar-refractivity contribution in [1.29, 1.82) is 0 Å². The van der Waals surface area contributed by atoms with Crippen molar-refractivity contribution in [3.8, 4) is 11.5 Å². The molecular weight excluding hydrogens is 328 g/mol. The van der Waals surface area contributed by atoms with E-state index in [2.05, 4.69) is 52.6 Å². The van der Waals surface area contributed by atoms with Crippen LogP contribution < -0.4 is 20.1 Å². The zero-order chi connectivity index (χ0) is 17.9. The van der Waals surface area contributed by atoms with Gasteiger partial charge in [0.05, 0.1) is 0 Å². The van der Waals surface area contributed by atoms with Crippen LogP contribution in [0.2, 0.25) is 0 Å². The topological polar surface area (TPSA) is 68.3 Å². The maximum Gasteiger partial charge on any atom is 0.231 e. The van der Waals surface area contributed by atoms with Crippen molar-refractivity contribution in [3.05, 3.63) is 65.4 Å². The fraction of sp³-hybridized carbons (Fsp3) is 0.200. The zero-order valence-corrected chi connectivity index (χ0v) is 14.7. The molecule has 0 radical (unpaired) electrons. The highest BCUT2D eigenvalue weighted by atomic mass is 16.7. The van der Waals surface area contributed by atoms with Gasteiger partial charge in [-0.05, 0) is 54.8 Å². The number of nitrogens with zero attached hydrogens (tertiary/aromatic N) is 2. The van der Waals surface area contributed by atoms with Gasteiger partial charge < -0.3 is 20.1 Å². The van der Waals surface area contributed by atoms with Crippen LogP contribution in [0.3, 0.4) is 0 Å². The number of hydrogen-bond donors (Lipinski definition) is 2. The lowest BCUT2D eigenvalue weighted by Crippen LogP contribution is -2.04. The number of aryl methyl sites for hydroxylation is 2. The van der Waals surface area contributed by atoms with E-state index >= 15 is 0 Å². The van der Waals surface area contributed by atoms with Crippen molar-refractivity contribution >= 4 is 17.5 Å². The molecule has 4 rings (SSSR count). The van der Waals surface area contributed by atoms with Crippen molar-refractivity contribution in [2.75, 3.05) is 17.4 Å². The molecule has 0 aliphatic carbocycles. The maximum absolute atomic E-state index is 5.41. The van der Waals surface area contributed by atoms with E-state index in [1.54, 1.807) is 6.20 Å². The smallest absolute Gasteiger partial charge is 0.231 e. The van der Waals surface area contributed by atoms with Gasteiger partial charge in [-0.1, -0.05) is 18.2 Å². The Morgan fingerprint density at radius 1 is 1.00 bits per heavy atom. The van der Waals surface area contributed by atoms with Crippen molar-refractivity contribution in [2.24, 2.45) is 0 Å². The minimum absolute atomic E-state index is 0.283. The average molecular weight is 348 g/mol. The van der Waals surface area contributed by atoms with Crippen LogP contribution in [-0.4, -0.2) is 16.8 Å². The Hall–Kier alpha value is -3.28. The number of ether oxygens (including phenoxy) is 2. The third-order valence-electron chi connectivity index (χ3n) is 4.21. The third kappa shape index (κ3) is 3.54. The molecule has 6 heteroatoms. The summed E-state index contributed by atoms with van der Waals surface area (Å²) in [5.41, 5.74) is 4.45. The van der Waals surface area contributed by atoms with Crippen LogP contribution >= 0.6 is 0 Å². The first-order valence-corrected chi connectivity index (χ1v) is 8.47. The van der Waals surface area contributed by atoms with Gasteiger partial charge in [-0.25, -0.2) is 4.98 Å². The van der Waals surface area contributed by atoms with Crippen LogP contribution in [0.5, 0.6) is 11.5 Å². The lowest BCUT2D eigenvalue weighted by Gasteiger charge is -2.11. The van der Waals surface area contributed by atoms with Crippen LogP contribution in [0.1, 0.15) is 16.7 Å². The lowest BCUT2D eigenvalue weighted by atomic mass is 10.1. The highest BCUT2D eigenvalue weighted by Gasteiger charge is 2.13. The van der Waals surface area contributed by atoms with E-state index in [0.29, 0.717) is 12.5 Å². The first-order valence-electron chi connectivity index (χ1n) is 8.47. The minimum atomic E-state index is 0.283. The summed E-state index contributed by atoms with van der Waals surface area (Å²) in [5.74, 6) is 2.89. The fourth-order valence-corrected chi connectivity index (χ4v) is 2.75. The van der Waals surface area contributed by atoms with Gasteiger partial charge in [0.25, 0.3) is 0 Å². The van der Waals surface area contributed by atoms with Crippen molar-refractivity contribution in [2.45, 2.75) is 20.4 Å². The molecule has 0 unspecified atom stereocenters. The predicted octanol–water partition coefficient (Wildman–Crippen LogP) is 4.18. The number of anilines is 3. The van der Waals surface area contributed by atoms with E-state index in [1.165, 1.54) is 5.56 Å². The van der Waals surface area contributed by atoms with Crippen LogP contribution in [0.25, 0.3) is 0 Å². The fourth-order valence-electron chi connectivity index (χ4n) is 2.75. The molecule has 1 aromatic heterocycles. The third-order valence-corrected chi connectivity index (χ3v) is 4.21. The summed E-state index contributed by atoms with van der Waals surface area (Å²) in [6.45, 7) is 5.04. The van der Waals surface area contributed by atoms with Gasteiger partial charge in [-0.3, -0.25) is 0 Å². The maximum atomic E-state index is 5.41. The summed E-state index contributed by atoms with van der Waals surface area (Å²) < 4.78 is 10.7. The first-order chi connectivity index (χ1) is 12.7. The molecule has 1 aliphatic heterocycles. The molecule has 6 nitrogen and oxygen atoms in total. The monoisotopic (exact) mass is 348 g/mol. The number of fused-ring (bicyclic) bond motifs is 1. The van der Waals surface area contributed by atoms with Gasteiger partial charge in [0.2, 0.25) is 12.7 Å². The summed E-state index contributed by atoms with van der Waals surface area (Å²) in [6.07, 6.45) is 1.74. The van der Waals surface area contributed by atoms with Crippen LogP contribution in [0.4, 0.5) is 17.5 Å². The summed E-state index contributed by atoms with van der Waals surface area (Å²) in [4.78, 5) is 8.85. The summed E-state index contributed by atoms with van der Waals surface area (Å²) in [7, 11) is 0. The molecule has 0 amide bonds. The van der Waals surface area contributed by atoms with Gasteiger partial charge in [-0.2, -0.15) is 4.98 Å². The van der Waals surface area contributed by atoms with E-state index in [-0.39, 0.29) is 6.79 Å². The number of aromatic nitrogens is 2.